The van der Waals surface area contributed by atoms with Crippen molar-refractivity contribution in [2.45, 2.75) is 6.04 Å². The molecule has 0 aliphatic carbocycles. The number of nitrogens with zero attached hydrogens (tertiary/aromatic N) is 5. The SMILES string of the molecule is O=c1cc2ncc([C@@H]3N=NC=C3[N+](=O)[O-])cn2[nH]1. The second-order valence-corrected chi connectivity index (χ2v) is 3.68. The van der Waals surface area contributed by atoms with Crippen molar-refractivity contribution in [1.82, 2.24) is 14.6 Å². The highest BCUT2D eigenvalue weighted by molar-refractivity contribution is 5.37. The molecule has 90 valence electrons. The summed E-state index contributed by atoms with van der Waals surface area (Å²) >= 11 is 0. The lowest BCUT2D eigenvalue weighted by Gasteiger charge is -2.05. The van der Waals surface area contributed by atoms with Crippen LogP contribution in [0.5, 0.6) is 0 Å². The summed E-state index contributed by atoms with van der Waals surface area (Å²) in [6.45, 7) is 0. The third-order valence-corrected chi connectivity index (χ3v) is 2.54. The van der Waals surface area contributed by atoms with E-state index in [1.165, 1.54) is 23.0 Å². The van der Waals surface area contributed by atoms with E-state index in [9.17, 15) is 14.9 Å². The number of hydrogen-bond acceptors (Lipinski definition) is 6. The Morgan fingerprint density at radius 2 is 2.33 bits per heavy atom. The Hall–Kier alpha value is -2.84. The first-order valence-corrected chi connectivity index (χ1v) is 4.97. The molecule has 2 aromatic rings. The van der Waals surface area contributed by atoms with Crippen molar-refractivity contribution in [2.24, 2.45) is 10.2 Å². The fourth-order valence-corrected chi connectivity index (χ4v) is 1.73. The molecule has 9 nitrogen and oxygen atoms in total. The average Bonchev–Trinajstić information content (AvgIpc) is 2.91. The van der Waals surface area contributed by atoms with Crippen molar-refractivity contribution < 1.29 is 4.92 Å². The summed E-state index contributed by atoms with van der Waals surface area (Å²) in [5, 5.41) is 20.6. The molecule has 1 aliphatic heterocycles. The molecule has 0 amide bonds. The van der Waals surface area contributed by atoms with Gasteiger partial charge in [-0.05, 0) is 0 Å². The molecular weight excluding hydrogens is 240 g/mol. The molecule has 0 saturated carbocycles. The van der Waals surface area contributed by atoms with Crippen LogP contribution in [0.3, 0.4) is 0 Å². The van der Waals surface area contributed by atoms with Gasteiger partial charge in [0.2, 0.25) is 0 Å². The van der Waals surface area contributed by atoms with Crippen LogP contribution in [0.1, 0.15) is 11.6 Å². The van der Waals surface area contributed by atoms with Crippen LogP contribution < -0.4 is 5.56 Å². The molecule has 9 heteroatoms. The Kier molecular flexibility index (Phi) is 2.06. The van der Waals surface area contributed by atoms with Crippen LogP contribution in [0.4, 0.5) is 0 Å². The van der Waals surface area contributed by atoms with E-state index in [-0.39, 0.29) is 11.3 Å². The molecule has 3 rings (SSSR count). The molecule has 0 radical (unpaired) electrons. The highest BCUT2D eigenvalue weighted by atomic mass is 16.6. The van der Waals surface area contributed by atoms with E-state index in [0.29, 0.717) is 11.2 Å². The van der Waals surface area contributed by atoms with Gasteiger partial charge in [-0.3, -0.25) is 20.0 Å². The lowest BCUT2D eigenvalue weighted by atomic mass is 10.1. The van der Waals surface area contributed by atoms with Gasteiger partial charge in [0.1, 0.15) is 6.20 Å². The molecule has 0 spiro atoms. The third kappa shape index (κ3) is 1.49. The standard InChI is InChI=1S/C9H6N6O3/c16-8-1-7-10-2-5(4-14(7)13-8)9-6(15(17)18)3-11-12-9/h1-4,9H,(H,13,16)/t9-/m0/s1. The zero-order valence-electron chi connectivity index (χ0n) is 8.85. The molecule has 1 N–H and O–H groups in total. The first kappa shape index (κ1) is 10.3. The van der Waals surface area contributed by atoms with E-state index in [0.717, 1.165) is 6.20 Å². The molecule has 0 unspecified atom stereocenters. The lowest BCUT2D eigenvalue weighted by molar-refractivity contribution is -0.429. The summed E-state index contributed by atoms with van der Waals surface area (Å²) in [4.78, 5) is 25.4. The maximum atomic E-state index is 11.1. The molecule has 1 atom stereocenters. The van der Waals surface area contributed by atoms with Crippen molar-refractivity contribution in [3.05, 3.63) is 56.4 Å². The van der Waals surface area contributed by atoms with Crippen molar-refractivity contribution in [3.63, 3.8) is 0 Å². The van der Waals surface area contributed by atoms with Crippen LogP contribution in [0.2, 0.25) is 0 Å². The predicted octanol–water partition coefficient (Wildman–Crippen LogP) is 0.648. The fourth-order valence-electron chi connectivity index (χ4n) is 1.73. The number of aromatic amines is 1. The molecule has 0 saturated heterocycles. The highest BCUT2D eigenvalue weighted by Gasteiger charge is 2.30. The van der Waals surface area contributed by atoms with Crippen LogP contribution in [0, 0.1) is 10.1 Å². The Morgan fingerprint density at radius 1 is 1.50 bits per heavy atom. The predicted molar refractivity (Wildman–Crippen MR) is 58.5 cm³/mol. The highest BCUT2D eigenvalue weighted by Crippen LogP contribution is 2.30. The van der Waals surface area contributed by atoms with Crippen molar-refractivity contribution >= 4 is 5.65 Å². The minimum Gasteiger partial charge on any atom is -0.268 e. The molecule has 18 heavy (non-hydrogen) atoms. The molecule has 0 fully saturated rings. The second-order valence-electron chi connectivity index (χ2n) is 3.68. The van der Waals surface area contributed by atoms with Crippen molar-refractivity contribution in [3.8, 4) is 0 Å². The van der Waals surface area contributed by atoms with Gasteiger partial charge in [-0.2, -0.15) is 10.2 Å². The minimum absolute atomic E-state index is 0.120. The fraction of sp³-hybridized carbons (Fsp3) is 0.111. The zero-order chi connectivity index (χ0) is 12.7. The van der Waals surface area contributed by atoms with E-state index >= 15 is 0 Å². The van der Waals surface area contributed by atoms with Crippen LogP contribution in [0.15, 0.2) is 45.4 Å². The van der Waals surface area contributed by atoms with E-state index < -0.39 is 11.0 Å². The van der Waals surface area contributed by atoms with Gasteiger partial charge in [-0.25, -0.2) is 9.50 Å². The summed E-state index contributed by atoms with van der Waals surface area (Å²) in [7, 11) is 0. The first-order valence-electron chi connectivity index (χ1n) is 4.97. The van der Waals surface area contributed by atoms with Gasteiger partial charge in [0.05, 0.1) is 4.92 Å². The molecule has 0 aromatic carbocycles. The Balaban J connectivity index is 2.09. The first-order chi connectivity index (χ1) is 8.65. The summed E-state index contributed by atoms with van der Waals surface area (Å²) < 4.78 is 1.39. The van der Waals surface area contributed by atoms with Gasteiger partial charge in [0.15, 0.2) is 11.7 Å². The molecular formula is C9H6N6O3. The van der Waals surface area contributed by atoms with Gasteiger partial charge < -0.3 is 0 Å². The lowest BCUT2D eigenvalue weighted by Crippen LogP contribution is -2.08. The van der Waals surface area contributed by atoms with Crippen LogP contribution in [0.25, 0.3) is 5.65 Å². The Bertz CT molecular complexity index is 755. The maximum absolute atomic E-state index is 11.1. The summed E-state index contributed by atoms with van der Waals surface area (Å²) in [5.74, 6) is 0. The topological polar surface area (TPSA) is 118 Å². The van der Waals surface area contributed by atoms with Gasteiger partial charge in [0.25, 0.3) is 11.3 Å². The average molecular weight is 246 g/mol. The molecule has 0 bridgehead atoms. The van der Waals surface area contributed by atoms with E-state index in [1.54, 1.807) is 0 Å². The largest absolute Gasteiger partial charge is 0.297 e. The minimum atomic E-state index is -0.789. The number of nitro groups is 1. The monoisotopic (exact) mass is 246 g/mol. The number of nitrogens with one attached hydrogen (secondary N) is 1. The van der Waals surface area contributed by atoms with Crippen molar-refractivity contribution in [2.75, 3.05) is 0 Å². The summed E-state index contributed by atoms with van der Waals surface area (Å²) in [5.41, 5.74) is 0.507. The van der Waals surface area contributed by atoms with Gasteiger partial charge in [0, 0.05) is 24.0 Å². The maximum Gasteiger partial charge on any atom is 0.297 e. The summed E-state index contributed by atoms with van der Waals surface area (Å²) in [6.07, 6.45) is 4.08. The number of fused-ring (bicyclic) bond motifs is 1. The molecule has 1 aliphatic rings. The van der Waals surface area contributed by atoms with E-state index in [2.05, 4.69) is 20.3 Å². The van der Waals surface area contributed by atoms with E-state index in [4.69, 9.17) is 0 Å². The molecule has 2 aromatic heterocycles. The van der Waals surface area contributed by atoms with Gasteiger partial charge in [-0.15, -0.1) is 0 Å². The van der Waals surface area contributed by atoms with Crippen molar-refractivity contribution in [1.29, 1.82) is 0 Å². The normalized spacial score (nSPS) is 18.2. The quantitative estimate of drug-likeness (QED) is 0.617. The number of H-pyrrole nitrogens is 1. The van der Waals surface area contributed by atoms with Crippen LogP contribution >= 0.6 is 0 Å². The Morgan fingerprint density at radius 3 is 3.11 bits per heavy atom. The van der Waals surface area contributed by atoms with Gasteiger partial charge in [-0.1, -0.05) is 0 Å². The van der Waals surface area contributed by atoms with E-state index in [1.807, 2.05) is 0 Å². The van der Waals surface area contributed by atoms with Gasteiger partial charge >= 0.3 is 0 Å². The van der Waals surface area contributed by atoms with Crippen LogP contribution in [-0.4, -0.2) is 19.5 Å². The summed E-state index contributed by atoms with van der Waals surface area (Å²) in [6, 6.07) is 0.535. The second kappa shape index (κ2) is 3.58. The zero-order valence-corrected chi connectivity index (χ0v) is 8.85. The third-order valence-electron chi connectivity index (χ3n) is 2.54. The number of azo groups is 1. The number of hydrogen-bond donors (Lipinski definition) is 1. The van der Waals surface area contributed by atoms with Crippen LogP contribution in [-0.2, 0) is 0 Å². The Labute approximate surface area is 98.6 Å². The molecule has 3 heterocycles. The number of aromatic nitrogens is 3. The smallest absolute Gasteiger partial charge is 0.268 e. The number of rotatable bonds is 2.